The summed E-state index contributed by atoms with van der Waals surface area (Å²) >= 11 is 0. The van der Waals surface area contributed by atoms with E-state index in [0.717, 1.165) is 17.7 Å². The van der Waals surface area contributed by atoms with Crippen molar-refractivity contribution < 1.29 is 14.4 Å². The van der Waals surface area contributed by atoms with E-state index in [0.29, 0.717) is 45.6 Å². The minimum Gasteiger partial charge on any atom is -0.342 e. The first kappa shape index (κ1) is 19.2. The van der Waals surface area contributed by atoms with Gasteiger partial charge >= 0.3 is 0 Å². The van der Waals surface area contributed by atoms with Crippen molar-refractivity contribution in [2.75, 3.05) is 31.1 Å². The fraction of sp³-hybridized carbons (Fsp3) is 0.348. The van der Waals surface area contributed by atoms with Crippen LogP contribution in [0.3, 0.4) is 0 Å². The second-order valence-corrected chi connectivity index (χ2v) is 7.73. The molecule has 3 amide bonds. The lowest BCUT2D eigenvalue weighted by Gasteiger charge is -2.36. The Hall–Kier alpha value is -3.15. The van der Waals surface area contributed by atoms with Crippen molar-refractivity contribution in [1.82, 2.24) is 9.80 Å². The van der Waals surface area contributed by atoms with Gasteiger partial charge in [0, 0.05) is 31.9 Å². The maximum atomic E-state index is 13.6. The molecule has 1 aliphatic heterocycles. The summed E-state index contributed by atoms with van der Waals surface area (Å²) in [5.74, 6) is -0.225. The summed E-state index contributed by atoms with van der Waals surface area (Å²) in [6.45, 7) is 2.43. The van der Waals surface area contributed by atoms with Crippen LogP contribution in [0.5, 0.6) is 0 Å². The van der Waals surface area contributed by atoms with Crippen molar-refractivity contribution in [2.45, 2.75) is 19.4 Å². The van der Waals surface area contributed by atoms with Crippen molar-refractivity contribution in [2.24, 2.45) is 5.41 Å². The third-order valence-corrected chi connectivity index (χ3v) is 5.82. The molecule has 150 valence electrons. The molecule has 6 heteroatoms. The summed E-state index contributed by atoms with van der Waals surface area (Å²) < 4.78 is 0. The summed E-state index contributed by atoms with van der Waals surface area (Å²) in [5, 5.41) is 0. The van der Waals surface area contributed by atoms with Gasteiger partial charge in [0.05, 0.1) is 6.54 Å². The van der Waals surface area contributed by atoms with Crippen LogP contribution in [0.25, 0.3) is 0 Å². The number of benzene rings is 2. The molecule has 1 saturated heterocycles. The normalized spacial score (nSPS) is 17.5. The SMILES string of the molecule is O=CN1CCN(C(=O)C2(C(=O)N(Cc3ccccc3)c3ccccc3)CC2)CC1. The molecule has 0 N–H and O–H groups in total. The van der Waals surface area contributed by atoms with E-state index in [2.05, 4.69) is 0 Å². The number of nitrogens with zero attached hydrogens (tertiary/aromatic N) is 3. The van der Waals surface area contributed by atoms with Crippen LogP contribution in [0.1, 0.15) is 18.4 Å². The van der Waals surface area contributed by atoms with Gasteiger partial charge in [-0.3, -0.25) is 14.4 Å². The van der Waals surface area contributed by atoms with E-state index in [1.807, 2.05) is 60.7 Å². The minimum atomic E-state index is -0.964. The Bertz CT molecular complexity index is 873. The van der Waals surface area contributed by atoms with E-state index in [-0.39, 0.29) is 11.8 Å². The second kappa shape index (κ2) is 8.07. The number of carbonyl (C=O) groups is 3. The maximum Gasteiger partial charge on any atom is 0.242 e. The Kier molecular flexibility index (Phi) is 5.34. The number of hydrogen-bond donors (Lipinski definition) is 0. The molecule has 2 aliphatic rings. The molecule has 0 bridgehead atoms. The van der Waals surface area contributed by atoms with Crippen molar-refractivity contribution in [3.63, 3.8) is 0 Å². The molecule has 1 aliphatic carbocycles. The van der Waals surface area contributed by atoms with Crippen LogP contribution in [-0.4, -0.2) is 54.2 Å². The Morgan fingerprint density at radius 3 is 2.03 bits per heavy atom. The monoisotopic (exact) mass is 391 g/mol. The molecule has 0 atom stereocenters. The van der Waals surface area contributed by atoms with Crippen molar-refractivity contribution in [1.29, 1.82) is 0 Å². The predicted octanol–water partition coefficient (Wildman–Crippen LogP) is 2.30. The zero-order valence-electron chi connectivity index (χ0n) is 16.4. The molecule has 4 rings (SSSR count). The summed E-state index contributed by atoms with van der Waals surface area (Å²) in [4.78, 5) is 43.0. The lowest BCUT2D eigenvalue weighted by atomic mass is 10.0. The first-order chi connectivity index (χ1) is 14.1. The molecule has 0 aromatic heterocycles. The lowest BCUT2D eigenvalue weighted by Crippen LogP contribution is -2.53. The zero-order chi connectivity index (χ0) is 20.3. The number of para-hydroxylation sites is 1. The number of anilines is 1. The number of carbonyl (C=O) groups excluding carboxylic acids is 3. The molecular formula is C23H25N3O3. The Morgan fingerprint density at radius 2 is 1.48 bits per heavy atom. The van der Waals surface area contributed by atoms with Gasteiger partial charge in [-0.2, -0.15) is 0 Å². The third-order valence-electron chi connectivity index (χ3n) is 5.82. The topological polar surface area (TPSA) is 60.9 Å². The third kappa shape index (κ3) is 3.88. The van der Waals surface area contributed by atoms with Crippen LogP contribution >= 0.6 is 0 Å². The summed E-state index contributed by atoms with van der Waals surface area (Å²) in [6.07, 6.45) is 1.98. The van der Waals surface area contributed by atoms with Crippen molar-refractivity contribution in [3.05, 3.63) is 66.2 Å². The Balaban J connectivity index is 1.57. The summed E-state index contributed by atoms with van der Waals surface area (Å²) in [5.41, 5.74) is 0.854. The number of piperazine rings is 1. The highest BCUT2D eigenvalue weighted by Crippen LogP contribution is 2.49. The maximum absolute atomic E-state index is 13.6. The molecule has 1 saturated carbocycles. The van der Waals surface area contributed by atoms with E-state index in [9.17, 15) is 14.4 Å². The van der Waals surface area contributed by atoms with Crippen molar-refractivity contribution >= 4 is 23.9 Å². The molecule has 0 radical (unpaired) electrons. The van der Waals surface area contributed by atoms with E-state index < -0.39 is 5.41 Å². The van der Waals surface area contributed by atoms with Gasteiger partial charge in [0.1, 0.15) is 5.41 Å². The van der Waals surface area contributed by atoms with E-state index in [1.54, 1.807) is 14.7 Å². The average Bonchev–Trinajstić information content (AvgIpc) is 3.60. The van der Waals surface area contributed by atoms with Gasteiger partial charge in [-0.1, -0.05) is 48.5 Å². The van der Waals surface area contributed by atoms with Crippen LogP contribution in [-0.2, 0) is 20.9 Å². The quantitative estimate of drug-likeness (QED) is 0.561. The highest BCUT2D eigenvalue weighted by atomic mass is 16.2. The van der Waals surface area contributed by atoms with Gasteiger partial charge in [0.15, 0.2) is 0 Å². The molecule has 6 nitrogen and oxygen atoms in total. The zero-order valence-corrected chi connectivity index (χ0v) is 16.4. The first-order valence-corrected chi connectivity index (χ1v) is 10.0. The van der Waals surface area contributed by atoms with E-state index in [1.165, 1.54) is 0 Å². The van der Waals surface area contributed by atoms with E-state index in [4.69, 9.17) is 0 Å². The van der Waals surface area contributed by atoms with Crippen LogP contribution < -0.4 is 4.90 Å². The van der Waals surface area contributed by atoms with Crippen LogP contribution in [0.15, 0.2) is 60.7 Å². The fourth-order valence-corrected chi connectivity index (χ4v) is 3.89. The molecule has 0 spiro atoms. The smallest absolute Gasteiger partial charge is 0.242 e. The van der Waals surface area contributed by atoms with Gasteiger partial charge < -0.3 is 14.7 Å². The predicted molar refractivity (Wildman–Crippen MR) is 110 cm³/mol. The van der Waals surface area contributed by atoms with Crippen LogP contribution in [0.4, 0.5) is 5.69 Å². The average molecular weight is 391 g/mol. The molecule has 29 heavy (non-hydrogen) atoms. The number of rotatable bonds is 6. The van der Waals surface area contributed by atoms with Crippen molar-refractivity contribution in [3.8, 4) is 0 Å². The molecule has 1 heterocycles. The van der Waals surface area contributed by atoms with Crippen LogP contribution in [0.2, 0.25) is 0 Å². The van der Waals surface area contributed by atoms with Gasteiger partial charge in [0.25, 0.3) is 0 Å². The molecule has 2 aromatic carbocycles. The summed E-state index contributed by atoms with van der Waals surface area (Å²) in [6, 6.07) is 19.4. The molecule has 2 aromatic rings. The van der Waals surface area contributed by atoms with Gasteiger partial charge in [-0.05, 0) is 30.5 Å². The molecular weight excluding hydrogens is 366 g/mol. The Morgan fingerprint density at radius 1 is 0.897 bits per heavy atom. The largest absolute Gasteiger partial charge is 0.342 e. The first-order valence-electron chi connectivity index (χ1n) is 10.0. The van der Waals surface area contributed by atoms with Gasteiger partial charge in [-0.15, -0.1) is 0 Å². The highest BCUT2D eigenvalue weighted by molar-refractivity contribution is 6.14. The standard InChI is InChI=1S/C23H25N3O3/c27-18-24-13-15-25(16-14-24)21(28)23(11-12-23)22(29)26(20-9-5-2-6-10-20)17-19-7-3-1-4-8-19/h1-10,18H,11-17H2. The minimum absolute atomic E-state index is 0.0953. The second-order valence-electron chi connectivity index (χ2n) is 7.73. The van der Waals surface area contributed by atoms with Gasteiger partial charge in [0.2, 0.25) is 18.2 Å². The summed E-state index contributed by atoms with van der Waals surface area (Å²) in [7, 11) is 0. The molecule has 2 fully saturated rings. The highest BCUT2D eigenvalue weighted by Gasteiger charge is 2.59. The van der Waals surface area contributed by atoms with Gasteiger partial charge in [-0.25, -0.2) is 0 Å². The lowest BCUT2D eigenvalue weighted by molar-refractivity contribution is -0.145. The molecule has 0 unspecified atom stereocenters. The number of hydrogen-bond acceptors (Lipinski definition) is 3. The van der Waals surface area contributed by atoms with E-state index >= 15 is 0 Å². The number of amides is 3. The Labute approximate surface area is 170 Å². The fourth-order valence-electron chi connectivity index (χ4n) is 3.89. The van der Waals surface area contributed by atoms with Crippen LogP contribution in [0, 0.1) is 5.41 Å².